The molecule has 0 spiro atoms. The molecule has 110 valence electrons. The van der Waals surface area contributed by atoms with E-state index < -0.39 is 10.0 Å². The van der Waals surface area contributed by atoms with Crippen LogP contribution in [-0.4, -0.2) is 21.4 Å². The zero-order valence-electron chi connectivity index (χ0n) is 11.1. The molecular formula is C14H13BrN2O3S. The summed E-state index contributed by atoms with van der Waals surface area (Å²) in [4.78, 5) is 12.2. The quantitative estimate of drug-likeness (QED) is 0.870. The van der Waals surface area contributed by atoms with Crippen LogP contribution in [-0.2, 0) is 10.0 Å². The molecule has 0 unspecified atom stereocenters. The average Bonchev–Trinajstić information content (AvgIpc) is 2.49. The molecule has 0 heterocycles. The second kappa shape index (κ2) is 6.38. The normalized spacial score (nSPS) is 11.1. The Morgan fingerprint density at radius 3 is 2.38 bits per heavy atom. The zero-order valence-corrected chi connectivity index (χ0v) is 13.5. The fourth-order valence-electron chi connectivity index (χ4n) is 1.66. The number of anilines is 1. The number of carbonyl (C=O) groups is 1. The van der Waals surface area contributed by atoms with Crippen LogP contribution in [0.4, 0.5) is 5.69 Å². The SMILES string of the molecule is CNS(=O)(=O)c1cccc(C(=O)Nc2ccc(Br)cc2)c1. The lowest BCUT2D eigenvalue weighted by Gasteiger charge is -2.07. The fraction of sp³-hybridized carbons (Fsp3) is 0.0714. The van der Waals surface area contributed by atoms with Crippen molar-refractivity contribution in [2.45, 2.75) is 4.90 Å². The Kier molecular flexibility index (Phi) is 4.76. The predicted octanol–water partition coefficient (Wildman–Crippen LogP) is 2.61. The molecule has 21 heavy (non-hydrogen) atoms. The highest BCUT2D eigenvalue weighted by atomic mass is 79.9. The molecule has 2 aromatic carbocycles. The van der Waals surface area contributed by atoms with E-state index in [2.05, 4.69) is 26.0 Å². The Hall–Kier alpha value is -1.70. The first-order valence-corrected chi connectivity index (χ1v) is 8.30. The summed E-state index contributed by atoms with van der Waals surface area (Å²) in [6.45, 7) is 0. The van der Waals surface area contributed by atoms with Gasteiger partial charge in [0, 0.05) is 15.7 Å². The molecule has 0 aliphatic rings. The molecule has 7 heteroatoms. The first-order valence-electron chi connectivity index (χ1n) is 6.03. The van der Waals surface area contributed by atoms with Crippen LogP contribution in [0.1, 0.15) is 10.4 Å². The first-order chi connectivity index (χ1) is 9.92. The number of amides is 1. The van der Waals surface area contributed by atoms with E-state index in [-0.39, 0.29) is 16.4 Å². The van der Waals surface area contributed by atoms with E-state index >= 15 is 0 Å². The van der Waals surface area contributed by atoms with Crippen molar-refractivity contribution < 1.29 is 13.2 Å². The molecular weight excluding hydrogens is 356 g/mol. The minimum atomic E-state index is -3.57. The van der Waals surface area contributed by atoms with E-state index in [0.29, 0.717) is 5.69 Å². The van der Waals surface area contributed by atoms with Gasteiger partial charge in [0.1, 0.15) is 0 Å². The van der Waals surface area contributed by atoms with Crippen molar-refractivity contribution in [2.24, 2.45) is 0 Å². The van der Waals surface area contributed by atoms with Crippen LogP contribution in [0.25, 0.3) is 0 Å². The van der Waals surface area contributed by atoms with Crippen molar-refractivity contribution in [3.05, 3.63) is 58.6 Å². The van der Waals surface area contributed by atoms with E-state index in [0.717, 1.165) is 4.47 Å². The van der Waals surface area contributed by atoms with E-state index in [1.807, 2.05) is 0 Å². The van der Waals surface area contributed by atoms with Gasteiger partial charge in [-0.1, -0.05) is 22.0 Å². The Morgan fingerprint density at radius 1 is 1.10 bits per heavy atom. The van der Waals surface area contributed by atoms with Crippen molar-refractivity contribution in [3.8, 4) is 0 Å². The van der Waals surface area contributed by atoms with Gasteiger partial charge in [0.2, 0.25) is 10.0 Å². The van der Waals surface area contributed by atoms with Crippen LogP contribution in [0.15, 0.2) is 57.9 Å². The number of rotatable bonds is 4. The highest BCUT2D eigenvalue weighted by molar-refractivity contribution is 9.10. The predicted molar refractivity (Wildman–Crippen MR) is 84.8 cm³/mol. The second-order valence-corrected chi connectivity index (χ2v) is 7.00. The van der Waals surface area contributed by atoms with Crippen molar-refractivity contribution in [1.29, 1.82) is 0 Å². The molecule has 0 atom stereocenters. The molecule has 1 amide bonds. The maximum Gasteiger partial charge on any atom is 0.255 e. The summed E-state index contributed by atoms with van der Waals surface area (Å²) in [6.07, 6.45) is 0. The Bertz CT molecular complexity index is 758. The van der Waals surface area contributed by atoms with Crippen LogP contribution in [0, 0.1) is 0 Å². The van der Waals surface area contributed by atoms with E-state index in [1.54, 1.807) is 30.3 Å². The molecule has 2 rings (SSSR count). The summed E-state index contributed by atoms with van der Waals surface area (Å²) in [5.41, 5.74) is 0.902. The van der Waals surface area contributed by atoms with E-state index in [9.17, 15) is 13.2 Å². The third-order valence-electron chi connectivity index (χ3n) is 2.78. The van der Waals surface area contributed by atoms with Crippen molar-refractivity contribution >= 4 is 37.5 Å². The maximum atomic E-state index is 12.1. The number of hydrogen-bond donors (Lipinski definition) is 2. The molecule has 2 N–H and O–H groups in total. The molecule has 0 saturated carbocycles. The number of halogens is 1. The number of sulfonamides is 1. The minimum Gasteiger partial charge on any atom is -0.322 e. The molecule has 2 aromatic rings. The first kappa shape index (κ1) is 15.7. The van der Waals surface area contributed by atoms with Gasteiger partial charge in [0.15, 0.2) is 0 Å². The van der Waals surface area contributed by atoms with Gasteiger partial charge < -0.3 is 5.32 Å². The summed E-state index contributed by atoms with van der Waals surface area (Å²) in [7, 11) is -2.25. The lowest BCUT2D eigenvalue weighted by molar-refractivity contribution is 0.102. The highest BCUT2D eigenvalue weighted by Gasteiger charge is 2.14. The summed E-state index contributed by atoms with van der Waals surface area (Å²) in [6, 6.07) is 13.0. The van der Waals surface area contributed by atoms with Crippen LogP contribution in [0.5, 0.6) is 0 Å². The Balaban J connectivity index is 2.24. The molecule has 0 aliphatic carbocycles. The molecule has 0 fully saturated rings. The molecule has 5 nitrogen and oxygen atoms in total. The molecule has 0 radical (unpaired) electrons. The van der Waals surface area contributed by atoms with Gasteiger partial charge in [-0.15, -0.1) is 0 Å². The highest BCUT2D eigenvalue weighted by Crippen LogP contribution is 2.16. The molecule has 0 aromatic heterocycles. The van der Waals surface area contributed by atoms with E-state index in [4.69, 9.17) is 0 Å². The molecule has 0 aliphatic heterocycles. The van der Waals surface area contributed by atoms with Gasteiger partial charge in [-0.05, 0) is 49.5 Å². The van der Waals surface area contributed by atoms with Gasteiger partial charge in [-0.3, -0.25) is 4.79 Å². The van der Waals surface area contributed by atoms with Crippen molar-refractivity contribution in [2.75, 3.05) is 12.4 Å². The number of benzene rings is 2. The van der Waals surface area contributed by atoms with Crippen LogP contribution >= 0.6 is 15.9 Å². The monoisotopic (exact) mass is 368 g/mol. The molecule has 0 saturated heterocycles. The minimum absolute atomic E-state index is 0.0495. The third kappa shape index (κ3) is 3.90. The molecule has 0 bridgehead atoms. The van der Waals surface area contributed by atoms with Gasteiger partial charge in [-0.2, -0.15) is 0 Å². The van der Waals surface area contributed by atoms with Crippen molar-refractivity contribution in [3.63, 3.8) is 0 Å². The second-order valence-electron chi connectivity index (χ2n) is 4.20. The summed E-state index contributed by atoms with van der Waals surface area (Å²) >= 11 is 3.31. The van der Waals surface area contributed by atoms with Crippen LogP contribution in [0.3, 0.4) is 0 Å². The summed E-state index contributed by atoms with van der Waals surface area (Å²) in [5, 5.41) is 2.71. The standard InChI is InChI=1S/C14H13BrN2O3S/c1-16-21(19,20)13-4-2-3-10(9-13)14(18)17-12-7-5-11(15)6-8-12/h2-9,16H,1H3,(H,17,18). The zero-order chi connectivity index (χ0) is 15.5. The summed E-state index contributed by atoms with van der Waals surface area (Å²) < 4.78 is 26.6. The average molecular weight is 369 g/mol. The van der Waals surface area contributed by atoms with Gasteiger partial charge in [0.05, 0.1) is 4.90 Å². The van der Waals surface area contributed by atoms with Gasteiger partial charge >= 0.3 is 0 Å². The number of hydrogen-bond acceptors (Lipinski definition) is 3. The lowest BCUT2D eigenvalue weighted by Crippen LogP contribution is -2.19. The van der Waals surface area contributed by atoms with Crippen molar-refractivity contribution in [1.82, 2.24) is 4.72 Å². The fourth-order valence-corrected chi connectivity index (χ4v) is 2.70. The lowest BCUT2D eigenvalue weighted by atomic mass is 10.2. The largest absolute Gasteiger partial charge is 0.322 e. The third-order valence-corrected chi connectivity index (χ3v) is 4.72. The van der Waals surface area contributed by atoms with Gasteiger partial charge in [-0.25, -0.2) is 13.1 Å². The number of carbonyl (C=O) groups excluding carboxylic acids is 1. The van der Waals surface area contributed by atoms with E-state index in [1.165, 1.54) is 25.2 Å². The van der Waals surface area contributed by atoms with Crippen LogP contribution < -0.4 is 10.0 Å². The van der Waals surface area contributed by atoms with Gasteiger partial charge in [0.25, 0.3) is 5.91 Å². The topological polar surface area (TPSA) is 75.3 Å². The summed E-state index contributed by atoms with van der Waals surface area (Å²) in [5.74, 6) is -0.370. The smallest absolute Gasteiger partial charge is 0.255 e. The Morgan fingerprint density at radius 2 is 1.76 bits per heavy atom. The Labute approximate surface area is 131 Å². The maximum absolute atomic E-state index is 12.1. The number of nitrogens with one attached hydrogen (secondary N) is 2. The van der Waals surface area contributed by atoms with Crippen LogP contribution in [0.2, 0.25) is 0 Å².